The van der Waals surface area contributed by atoms with E-state index in [1.54, 1.807) is 0 Å². The van der Waals surface area contributed by atoms with E-state index < -0.39 is 0 Å². The number of nitrogens with one attached hydrogen (secondary N) is 1. The summed E-state index contributed by atoms with van der Waals surface area (Å²) < 4.78 is 11.5. The number of rotatable bonds is 1. The molecule has 0 unspecified atom stereocenters. The molecule has 0 bridgehead atoms. The smallest absolute Gasteiger partial charge is 0.317 e. The summed E-state index contributed by atoms with van der Waals surface area (Å²) in [7, 11) is 0. The van der Waals surface area contributed by atoms with E-state index in [1.165, 1.54) is 6.42 Å². The third-order valence-corrected chi connectivity index (χ3v) is 6.13. The molecule has 1 aliphatic carbocycles. The zero-order valence-electron chi connectivity index (χ0n) is 15.6. The van der Waals surface area contributed by atoms with Crippen LogP contribution in [0.1, 0.15) is 65.7 Å². The van der Waals surface area contributed by atoms with Crippen molar-refractivity contribution in [1.29, 1.82) is 0 Å². The molecule has 5 nitrogen and oxygen atoms in total. The van der Waals surface area contributed by atoms with Crippen LogP contribution in [0.5, 0.6) is 0 Å². The predicted molar refractivity (Wildman–Crippen MR) is 93.8 cm³/mol. The number of nitrogens with zero attached hydrogens (tertiary/aromatic N) is 1. The fraction of sp³-hybridized carbons (Fsp3) is 0.947. The van der Waals surface area contributed by atoms with Crippen LogP contribution in [0.15, 0.2) is 0 Å². The second-order valence-electron chi connectivity index (χ2n) is 8.81. The van der Waals surface area contributed by atoms with Crippen LogP contribution in [-0.2, 0) is 9.47 Å². The number of urea groups is 1. The van der Waals surface area contributed by atoms with E-state index in [0.717, 1.165) is 51.6 Å². The van der Waals surface area contributed by atoms with Gasteiger partial charge in [0, 0.05) is 32.0 Å². The molecule has 138 valence electrons. The predicted octanol–water partition coefficient (Wildman–Crippen LogP) is 3.53. The van der Waals surface area contributed by atoms with E-state index >= 15 is 0 Å². The van der Waals surface area contributed by atoms with Gasteiger partial charge in [-0.05, 0) is 43.4 Å². The highest BCUT2D eigenvalue weighted by molar-refractivity contribution is 5.74. The first-order chi connectivity index (χ1) is 11.4. The number of hydrogen-bond donors (Lipinski definition) is 1. The van der Waals surface area contributed by atoms with Crippen molar-refractivity contribution in [2.24, 2.45) is 11.3 Å². The summed E-state index contributed by atoms with van der Waals surface area (Å²) in [5.41, 5.74) is 0.339. The Morgan fingerprint density at radius 2 is 1.71 bits per heavy atom. The fourth-order valence-electron chi connectivity index (χ4n) is 4.42. The van der Waals surface area contributed by atoms with Gasteiger partial charge in [0.25, 0.3) is 0 Å². The Kier molecular flexibility index (Phi) is 5.40. The highest BCUT2D eigenvalue weighted by atomic mass is 16.7. The summed E-state index contributed by atoms with van der Waals surface area (Å²) in [6.07, 6.45) is 7.15. The summed E-state index contributed by atoms with van der Waals surface area (Å²) >= 11 is 0. The van der Waals surface area contributed by atoms with Gasteiger partial charge < -0.3 is 19.7 Å². The number of carbonyl (C=O) groups is 1. The first kappa shape index (κ1) is 18.0. The molecule has 1 saturated carbocycles. The van der Waals surface area contributed by atoms with E-state index in [4.69, 9.17) is 9.47 Å². The van der Waals surface area contributed by atoms with E-state index in [2.05, 4.69) is 26.1 Å². The molecule has 5 heteroatoms. The zero-order valence-corrected chi connectivity index (χ0v) is 15.6. The van der Waals surface area contributed by atoms with Crippen LogP contribution in [0.2, 0.25) is 0 Å². The van der Waals surface area contributed by atoms with Crippen molar-refractivity contribution in [1.82, 2.24) is 10.2 Å². The molecule has 2 aliphatic heterocycles. The summed E-state index contributed by atoms with van der Waals surface area (Å²) in [5.74, 6) is 0.366. The highest BCUT2D eigenvalue weighted by Crippen LogP contribution is 2.36. The summed E-state index contributed by atoms with van der Waals surface area (Å²) in [6.45, 7) is 10.1. The number of ether oxygens (including phenoxy) is 2. The standard InChI is InChI=1S/C19H34N2O3/c1-18(2,3)15-5-4-11-21(12-8-15)17(22)20-16-6-9-19(10-7-16)23-13-14-24-19/h15-16H,4-14H2,1-3H3,(H,20,22)/t15-/m0/s1. The first-order valence-corrected chi connectivity index (χ1v) is 9.71. The van der Waals surface area contributed by atoms with E-state index in [-0.39, 0.29) is 17.9 Å². The average Bonchev–Trinajstić information content (AvgIpc) is 2.82. The average molecular weight is 338 g/mol. The first-order valence-electron chi connectivity index (χ1n) is 9.71. The van der Waals surface area contributed by atoms with Gasteiger partial charge in [0.2, 0.25) is 0 Å². The minimum Gasteiger partial charge on any atom is -0.348 e. The van der Waals surface area contributed by atoms with Gasteiger partial charge in [0.15, 0.2) is 5.79 Å². The monoisotopic (exact) mass is 338 g/mol. The molecule has 1 spiro atoms. The second-order valence-corrected chi connectivity index (χ2v) is 8.81. The lowest BCUT2D eigenvalue weighted by Crippen LogP contribution is -2.48. The van der Waals surface area contributed by atoms with Crippen molar-refractivity contribution < 1.29 is 14.3 Å². The quantitative estimate of drug-likeness (QED) is 0.796. The Labute approximate surface area is 146 Å². The van der Waals surface area contributed by atoms with Crippen LogP contribution >= 0.6 is 0 Å². The van der Waals surface area contributed by atoms with Gasteiger partial charge in [-0.3, -0.25) is 0 Å². The number of carbonyl (C=O) groups excluding carboxylic acids is 1. The van der Waals surface area contributed by atoms with Gasteiger partial charge >= 0.3 is 6.03 Å². The van der Waals surface area contributed by atoms with Crippen LogP contribution in [0.4, 0.5) is 4.79 Å². The molecular formula is C19H34N2O3. The van der Waals surface area contributed by atoms with Crippen molar-refractivity contribution >= 4 is 6.03 Å². The number of hydrogen-bond acceptors (Lipinski definition) is 3. The Bertz CT molecular complexity index is 430. The third kappa shape index (κ3) is 4.23. The molecule has 1 atom stereocenters. The van der Waals surface area contributed by atoms with Crippen molar-refractivity contribution in [3.05, 3.63) is 0 Å². The fourth-order valence-corrected chi connectivity index (χ4v) is 4.42. The Morgan fingerprint density at radius 3 is 2.33 bits per heavy atom. The third-order valence-electron chi connectivity index (χ3n) is 6.13. The van der Waals surface area contributed by atoms with Crippen molar-refractivity contribution in [2.45, 2.75) is 77.5 Å². The van der Waals surface area contributed by atoms with Gasteiger partial charge in [0.05, 0.1) is 13.2 Å². The minimum absolute atomic E-state index is 0.124. The molecule has 0 aromatic rings. The van der Waals surface area contributed by atoms with Crippen LogP contribution in [-0.4, -0.2) is 49.1 Å². The molecule has 0 aromatic heterocycles. The number of amides is 2. The lowest BCUT2D eigenvalue weighted by molar-refractivity contribution is -0.179. The maximum Gasteiger partial charge on any atom is 0.317 e. The molecule has 3 aliphatic rings. The van der Waals surface area contributed by atoms with Gasteiger partial charge in [-0.25, -0.2) is 4.79 Å². The summed E-state index contributed by atoms with van der Waals surface area (Å²) in [5, 5.41) is 3.25. The Balaban J connectivity index is 1.45. The summed E-state index contributed by atoms with van der Waals surface area (Å²) in [6, 6.07) is 0.386. The van der Waals surface area contributed by atoms with E-state index in [0.29, 0.717) is 24.5 Å². The molecule has 2 saturated heterocycles. The van der Waals surface area contributed by atoms with Gasteiger partial charge in [-0.2, -0.15) is 0 Å². The molecule has 3 fully saturated rings. The van der Waals surface area contributed by atoms with Gasteiger partial charge in [-0.15, -0.1) is 0 Å². The summed E-state index contributed by atoms with van der Waals surface area (Å²) in [4.78, 5) is 14.7. The molecule has 24 heavy (non-hydrogen) atoms. The lowest BCUT2D eigenvalue weighted by Gasteiger charge is -2.36. The van der Waals surface area contributed by atoms with E-state index in [1.807, 2.05) is 4.90 Å². The normalized spacial score (nSPS) is 28.8. The molecule has 0 radical (unpaired) electrons. The Morgan fingerprint density at radius 1 is 1.04 bits per heavy atom. The molecule has 2 heterocycles. The molecular weight excluding hydrogens is 304 g/mol. The lowest BCUT2D eigenvalue weighted by atomic mass is 9.77. The topological polar surface area (TPSA) is 50.8 Å². The second kappa shape index (κ2) is 7.20. The van der Waals surface area contributed by atoms with Crippen molar-refractivity contribution in [3.8, 4) is 0 Å². The molecule has 3 rings (SSSR count). The maximum absolute atomic E-state index is 12.6. The van der Waals surface area contributed by atoms with Crippen LogP contribution < -0.4 is 5.32 Å². The van der Waals surface area contributed by atoms with Crippen LogP contribution in [0, 0.1) is 11.3 Å². The zero-order chi connectivity index (χ0) is 17.2. The van der Waals surface area contributed by atoms with E-state index in [9.17, 15) is 4.79 Å². The maximum atomic E-state index is 12.6. The largest absolute Gasteiger partial charge is 0.348 e. The molecule has 0 aromatic carbocycles. The molecule has 1 N–H and O–H groups in total. The van der Waals surface area contributed by atoms with Gasteiger partial charge in [-0.1, -0.05) is 20.8 Å². The van der Waals surface area contributed by atoms with Crippen LogP contribution in [0.25, 0.3) is 0 Å². The molecule has 2 amide bonds. The minimum atomic E-state index is -0.343. The number of likely N-dealkylation sites (tertiary alicyclic amines) is 1. The van der Waals surface area contributed by atoms with Gasteiger partial charge in [0.1, 0.15) is 0 Å². The van der Waals surface area contributed by atoms with Crippen molar-refractivity contribution in [2.75, 3.05) is 26.3 Å². The van der Waals surface area contributed by atoms with Crippen molar-refractivity contribution in [3.63, 3.8) is 0 Å². The Hall–Kier alpha value is -0.810. The highest BCUT2D eigenvalue weighted by Gasteiger charge is 2.40. The van der Waals surface area contributed by atoms with Crippen LogP contribution in [0.3, 0.4) is 0 Å². The SMILES string of the molecule is CC(C)(C)[C@H]1CCCN(C(=O)NC2CCC3(CC2)OCCO3)CC1.